The quantitative estimate of drug-likeness (QED) is 0.0836. The van der Waals surface area contributed by atoms with E-state index in [4.69, 9.17) is 15.1 Å². The fraction of sp³-hybridized carbons (Fsp3) is 0.565. The number of para-hydroxylation sites is 1. The number of hydrogen-bond donors (Lipinski definition) is 5. The Morgan fingerprint density at radius 1 is 1.03 bits per heavy atom. The van der Waals surface area contributed by atoms with E-state index in [1.165, 1.54) is 51.4 Å². The highest BCUT2D eigenvalue weighted by Gasteiger charge is 2.62. The van der Waals surface area contributed by atoms with Crippen molar-refractivity contribution in [2.45, 2.75) is 105 Å². The molecule has 0 amide bonds. The second-order valence-electron chi connectivity index (χ2n) is 19.2. The number of allylic oxidation sites excluding steroid dienone is 2. The Balaban J connectivity index is 0.944. The minimum atomic E-state index is -1.04. The molecule has 5 N–H and O–H groups in total. The van der Waals surface area contributed by atoms with E-state index in [1.54, 1.807) is 11.3 Å². The number of nitrogens with zero attached hydrogens (tertiary/aromatic N) is 6. The van der Waals surface area contributed by atoms with Gasteiger partial charge in [-0.3, -0.25) is 15.5 Å². The molecule has 314 valence electrons. The molecule has 9 rings (SSSR count). The molecule has 3 fully saturated rings. The molecule has 0 radical (unpaired) electrons. The summed E-state index contributed by atoms with van der Waals surface area (Å²) in [7, 11) is 2.19. The second kappa shape index (κ2) is 15.5. The predicted octanol–water partition coefficient (Wildman–Crippen LogP) is 8.53. The van der Waals surface area contributed by atoms with E-state index < -0.39 is 5.97 Å². The normalized spacial score (nSPS) is 27.6. The number of anilines is 2. The van der Waals surface area contributed by atoms with Crippen LogP contribution in [0.5, 0.6) is 0 Å². The summed E-state index contributed by atoms with van der Waals surface area (Å²) in [5.41, 5.74) is 13.4. The number of hydrazine groups is 1. The summed E-state index contributed by atoms with van der Waals surface area (Å²) < 4.78 is 3.32. The molecule has 1 aromatic carbocycles. The first-order valence-corrected chi connectivity index (χ1v) is 22.6. The van der Waals surface area contributed by atoms with E-state index in [0.29, 0.717) is 34.7 Å². The Labute approximate surface area is 352 Å². The van der Waals surface area contributed by atoms with Crippen LogP contribution >= 0.6 is 11.3 Å². The molecule has 3 bridgehead atoms. The number of aromatic nitrogens is 4. The summed E-state index contributed by atoms with van der Waals surface area (Å²) in [6.45, 7) is 13.2. The van der Waals surface area contributed by atoms with Gasteiger partial charge in [0.2, 0.25) is 0 Å². The maximum atomic E-state index is 13.0. The first-order chi connectivity index (χ1) is 28.4. The Morgan fingerprint density at radius 2 is 1.86 bits per heavy atom. The number of fused-ring (bicyclic) bond motifs is 3. The van der Waals surface area contributed by atoms with Crippen LogP contribution in [0.1, 0.15) is 108 Å². The van der Waals surface area contributed by atoms with Gasteiger partial charge in [-0.1, -0.05) is 37.3 Å². The van der Waals surface area contributed by atoms with Crippen LogP contribution < -0.4 is 21.1 Å². The number of hydrogen-bond acceptors (Lipinski definition) is 11. The van der Waals surface area contributed by atoms with Gasteiger partial charge >= 0.3 is 5.97 Å². The number of carboxylic acids is 1. The summed E-state index contributed by atoms with van der Waals surface area (Å²) >= 11 is 1.62. The Bertz CT molecular complexity index is 2280. The molecule has 0 saturated heterocycles. The fourth-order valence-corrected chi connectivity index (χ4v) is 13.5. The fourth-order valence-electron chi connectivity index (χ4n) is 12.7. The zero-order valence-corrected chi connectivity index (χ0v) is 36.2. The third-order valence-corrected chi connectivity index (χ3v) is 15.5. The monoisotopic (exact) mass is 819 g/mol. The highest BCUT2D eigenvalue weighted by molar-refractivity contribution is 7.22. The average molecular weight is 820 g/mol. The summed E-state index contributed by atoms with van der Waals surface area (Å²) in [5.74, 6) is 2.70. The van der Waals surface area contributed by atoms with Crippen molar-refractivity contribution in [3.63, 3.8) is 0 Å². The smallest absolute Gasteiger partial charge is 0.355 e. The van der Waals surface area contributed by atoms with Crippen LogP contribution in [0.25, 0.3) is 21.3 Å². The van der Waals surface area contributed by atoms with Gasteiger partial charge in [0.15, 0.2) is 10.8 Å². The number of carbonyl (C=O) groups is 1. The molecule has 2 aliphatic heterocycles. The highest BCUT2D eigenvalue weighted by Crippen LogP contribution is 2.71. The van der Waals surface area contributed by atoms with Crippen LogP contribution in [0, 0.1) is 35.0 Å². The minimum Gasteiger partial charge on any atom is -0.476 e. The lowest BCUT2D eigenvalue weighted by molar-refractivity contribution is 0.0391. The van der Waals surface area contributed by atoms with Gasteiger partial charge in [0.25, 0.3) is 0 Å². The molecule has 5 atom stereocenters. The lowest BCUT2D eigenvalue weighted by atomic mass is 9.61. The maximum Gasteiger partial charge on any atom is 0.355 e. The van der Waals surface area contributed by atoms with E-state index >= 15 is 0 Å². The van der Waals surface area contributed by atoms with Crippen LogP contribution in [-0.4, -0.2) is 74.1 Å². The number of rotatable bonds is 14. The maximum absolute atomic E-state index is 13.0. The Morgan fingerprint density at radius 3 is 2.68 bits per heavy atom. The number of carboxylic acid groups (broad SMARTS) is 1. The number of nitrogens with one attached hydrogen (secondary N) is 3. The lowest BCUT2D eigenvalue weighted by Gasteiger charge is -2.46. The number of thiazole rings is 1. The Hall–Kier alpha value is -4.46. The first kappa shape index (κ1) is 40.0. The molecule has 5 aliphatic rings. The number of aromatic carboxylic acids is 1. The zero-order valence-electron chi connectivity index (χ0n) is 35.4. The number of pyridine rings is 1. The van der Waals surface area contributed by atoms with E-state index in [0.717, 1.165) is 94.2 Å². The van der Waals surface area contributed by atoms with E-state index in [-0.39, 0.29) is 17.7 Å². The van der Waals surface area contributed by atoms with E-state index in [2.05, 4.69) is 71.5 Å². The van der Waals surface area contributed by atoms with Crippen LogP contribution in [0.15, 0.2) is 65.4 Å². The molecular formula is C46H61N9O3S. The average Bonchev–Trinajstić information content (AvgIpc) is 3.82. The number of aliphatic hydroxyl groups is 1. The molecule has 3 aliphatic carbocycles. The SMILES string of the molecule is CC1=C(Nc2nc3ccccc3s2)NNC2=C1CCCN2c1ccc(-c2cnn(CC34CC(C)CC5(CCCN(C)CCCO)CC(C)(CC5C3)C4)c2C)c(C(=O)O)n1. The van der Waals surface area contributed by atoms with Crippen molar-refractivity contribution < 1.29 is 15.0 Å². The minimum absolute atomic E-state index is 0.0448. The molecule has 13 heteroatoms. The van der Waals surface area contributed by atoms with Crippen LogP contribution in [0.4, 0.5) is 10.9 Å². The molecule has 3 aromatic heterocycles. The predicted molar refractivity (Wildman–Crippen MR) is 235 cm³/mol. The molecule has 12 nitrogen and oxygen atoms in total. The largest absolute Gasteiger partial charge is 0.476 e. The lowest BCUT2D eigenvalue weighted by Crippen LogP contribution is -2.47. The summed E-state index contributed by atoms with van der Waals surface area (Å²) in [6, 6.07) is 12.0. The van der Waals surface area contributed by atoms with Gasteiger partial charge in [0, 0.05) is 48.6 Å². The van der Waals surface area contributed by atoms with Crippen LogP contribution in [0.2, 0.25) is 0 Å². The molecular weight excluding hydrogens is 759 g/mol. The van der Waals surface area contributed by atoms with Crippen molar-refractivity contribution in [1.29, 1.82) is 0 Å². The van der Waals surface area contributed by atoms with Gasteiger partial charge in [0.1, 0.15) is 17.5 Å². The third-order valence-electron chi connectivity index (χ3n) is 14.6. The first-order valence-electron chi connectivity index (χ1n) is 21.8. The third kappa shape index (κ3) is 7.52. The van der Waals surface area contributed by atoms with Crippen molar-refractivity contribution in [2.75, 3.05) is 43.5 Å². The van der Waals surface area contributed by atoms with Gasteiger partial charge in [-0.15, -0.1) is 0 Å². The zero-order chi connectivity index (χ0) is 41.1. The van der Waals surface area contributed by atoms with Gasteiger partial charge in [0.05, 0.1) is 16.4 Å². The van der Waals surface area contributed by atoms with Crippen molar-refractivity contribution in [3.8, 4) is 11.1 Å². The van der Waals surface area contributed by atoms with E-state index in [9.17, 15) is 15.0 Å². The number of benzene rings is 1. The van der Waals surface area contributed by atoms with Crippen molar-refractivity contribution in [1.82, 2.24) is 35.5 Å². The molecule has 5 heterocycles. The van der Waals surface area contributed by atoms with Gasteiger partial charge in [-0.2, -0.15) is 5.10 Å². The topological polar surface area (TPSA) is 144 Å². The van der Waals surface area contributed by atoms with Crippen LogP contribution in [0.3, 0.4) is 0 Å². The standard InChI is InChI=1S/C46H61N9O3S/c1-29-21-45(24-32-23-44(4,26-45)27-46(32,22-29)16-9-17-53(5)18-10-20-56)28-55-31(3)35(25-47-55)34-14-15-38(49-39(34)42(57)58)54-19-8-11-33-30(2)40(51-52-41(33)54)50-43-48-36-12-6-7-13-37(36)59-43/h6-7,12-15,25,29,32,51-52,56H,8-11,16-24,26-28H2,1-5H3,(H,48,50)(H,57,58). The molecule has 59 heavy (non-hydrogen) atoms. The Kier molecular flexibility index (Phi) is 10.5. The van der Waals surface area contributed by atoms with Crippen molar-refractivity contribution in [3.05, 3.63) is 76.8 Å². The van der Waals surface area contributed by atoms with Crippen molar-refractivity contribution in [2.24, 2.45) is 28.1 Å². The summed E-state index contributed by atoms with van der Waals surface area (Å²) in [5, 5.41) is 29.2. The van der Waals surface area contributed by atoms with Crippen LogP contribution in [-0.2, 0) is 6.54 Å². The molecule has 0 spiro atoms. The van der Waals surface area contributed by atoms with Gasteiger partial charge < -0.3 is 25.3 Å². The van der Waals surface area contributed by atoms with Gasteiger partial charge in [-0.05, 0) is 156 Å². The van der Waals surface area contributed by atoms with E-state index in [1.807, 2.05) is 36.5 Å². The molecule has 3 saturated carbocycles. The molecule has 4 aromatic rings. The highest BCUT2D eigenvalue weighted by atomic mass is 32.1. The van der Waals surface area contributed by atoms with Crippen molar-refractivity contribution >= 4 is 38.5 Å². The molecule has 5 unspecified atom stereocenters. The second-order valence-corrected chi connectivity index (χ2v) is 20.3. The number of aliphatic hydroxyl groups excluding tert-OH is 1. The summed E-state index contributed by atoms with van der Waals surface area (Å²) in [6.07, 6.45) is 14.7. The summed E-state index contributed by atoms with van der Waals surface area (Å²) in [4.78, 5) is 27.1. The van der Waals surface area contributed by atoms with Gasteiger partial charge in [-0.25, -0.2) is 14.8 Å².